The van der Waals surface area contributed by atoms with Crippen molar-refractivity contribution in [3.05, 3.63) is 65.2 Å². The average molecular weight is 495 g/mol. The van der Waals surface area contributed by atoms with Gasteiger partial charge in [-0.25, -0.2) is 8.42 Å². The van der Waals surface area contributed by atoms with Gasteiger partial charge in [0.15, 0.2) is 9.84 Å². The number of sulfone groups is 1. The lowest BCUT2D eigenvalue weighted by molar-refractivity contribution is -0.146. The van der Waals surface area contributed by atoms with Gasteiger partial charge in [0, 0.05) is 23.8 Å². The minimum absolute atomic E-state index is 0.149. The second-order valence-electron chi connectivity index (χ2n) is 11.1. The Balaban J connectivity index is 1.15. The van der Waals surface area contributed by atoms with E-state index in [-0.39, 0.29) is 28.2 Å². The Morgan fingerprint density at radius 3 is 1.97 bits per heavy atom. The van der Waals surface area contributed by atoms with Crippen LogP contribution in [0.2, 0.25) is 0 Å². The third-order valence-corrected chi connectivity index (χ3v) is 9.47. The van der Waals surface area contributed by atoms with Gasteiger partial charge in [0.25, 0.3) is 5.91 Å². The Morgan fingerprint density at radius 1 is 0.914 bits per heavy atom. The zero-order valence-electron chi connectivity index (χ0n) is 20.4. The van der Waals surface area contributed by atoms with E-state index in [4.69, 9.17) is 0 Å². The van der Waals surface area contributed by atoms with Crippen molar-refractivity contribution in [3.8, 4) is 0 Å². The van der Waals surface area contributed by atoms with Crippen molar-refractivity contribution >= 4 is 21.7 Å². The highest BCUT2D eigenvalue weighted by Gasteiger charge is 2.54. The predicted molar refractivity (Wildman–Crippen MR) is 134 cm³/mol. The third-order valence-electron chi connectivity index (χ3n) is 8.34. The zero-order chi connectivity index (χ0) is 24.8. The molecule has 2 N–H and O–H groups in total. The molecule has 6 nitrogen and oxygen atoms in total. The van der Waals surface area contributed by atoms with Gasteiger partial charge in [0.2, 0.25) is 5.91 Å². The number of carbonyl (C=O) groups is 2. The Kier molecular flexibility index (Phi) is 6.24. The summed E-state index contributed by atoms with van der Waals surface area (Å²) in [4.78, 5) is 26.1. The van der Waals surface area contributed by atoms with Crippen molar-refractivity contribution in [2.45, 2.75) is 62.9 Å². The lowest BCUT2D eigenvalue weighted by Gasteiger charge is -2.55. The monoisotopic (exact) mass is 494 g/mol. The molecule has 4 aliphatic carbocycles. The van der Waals surface area contributed by atoms with Crippen molar-refractivity contribution in [2.24, 2.45) is 23.2 Å². The molecular formula is C28H34N2O4S. The Hall–Kier alpha value is -2.67. The summed E-state index contributed by atoms with van der Waals surface area (Å²) in [5.41, 5.74) is 2.20. The molecule has 2 aromatic carbocycles. The number of benzene rings is 2. The molecule has 0 spiro atoms. The van der Waals surface area contributed by atoms with Crippen LogP contribution in [0.15, 0.2) is 53.4 Å². The normalized spacial score (nSPS) is 27.9. The molecule has 4 saturated carbocycles. The maximum atomic E-state index is 13.2. The molecule has 0 radical (unpaired) electrons. The minimum atomic E-state index is -3.25. The van der Waals surface area contributed by atoms with Crippen LogP contribution in [0.25, 0.3) is 0 Å². The standard InChI is InChI=1S/C28H34N2O4S/c1-18(23-7-9-25(10-8-23)35(2,33)34)30-26(31)24-5-3-19(4-6-24)17-29-27(32)28-14-20-11-21(15-28)13-22(12-20)16-28/h3-10,18,20-22H,11-17H2,1-2H3,(H,29,32)(H,30,31). The summed E-state index contributed by atoms with van der Waals surface area (Å²) in [6, 6.07) is 13.6. The van der Waals surface area contributed by atoms with Crippen molar-refractivity contribution < 1.29 is 18.0 Å². The molecule has 2 amide bonds. The molecule has 0 heterocycles. The van der Waals surface area contributed by atoms with E-state index >= 15 is 0 Å². The van der Waals surface area contributed by atoms with Crippen molar-refractivity contribution in [3.63, 3.8) is 0 Å². The molecule has 6 rings (SSSR count). The van der Waals surface area contributed by atoms with E-state index in [0.29, 0.717) is 12.1 Å². The molecule has 0 aliphatic heterocycles. The molecule has 0 saturated heterocycles. The van der Waals surface area contributed by atoms with Gasteiger partial charge >= 0.3 is 0 Å². The van der Waals surface area contributed by atoms with E-state index in [1.54, 1.807) is 36.4 Å². The number of carbonyl (C=O) groups excluding carboxylic acids is 2. The molecule has 7 heteroatoms. The number of amides is 2. The highest BCUT2D eigenvalue weighted by Crippen LogP contribution is 2.60. The molecule has 0 aromatic heterocycles. The van der Waals surface area contributed by atoms with Gasteiger partial charge in [-0.1, -0.05) is 24.3 Å². The summed E-state index contributed by atoms with van der Waals surface area (Å²) in [5, 5.41) is 6.15. The maximum Gasteiger partial charge on any atom is 0.251 e. The van der Waals surface area contributed by atoms with E-state index in [1.165, 1.54) is 25.5 Å². The fourth-order valence-electron chi connectivity index (χ4n) is 6.90. The average Bonchev–Trinajstić information content (AvgIpc) is 2.81. The molecule has 1 atom stereocenters. The molecule has 1 unspecified atom stereocenters. The van der Waals surface area contributed by atoms with Crippen LogP contribution in [-0.2, 0) is 21.2 Å². The van der Waals surface area contributed by atoms with Gasteiger partial charge in [0.05, 0.1) is 10.9 Å². The highest BCUT2D eigenvalue weighted by atomic mass is 32.2. The van der Waals surface area contributed by atoms with Gasteiger partial charge in [-0.2, -0.15) is 0 Å². The lowest BCUT2D eigenvalue weighted by Crippen LogP contribution is -2.53. The molecule has 4 bridgehead atoms. The number of rotatable bonds is 7. The molecule has 4 fully saturated rings. The van der Waals surface area contributed by atoms with Gasteiger partial charge < -0.3 is 10.6 Å². The van der Waals surface area contributed by atoms with E-state index in [0.717, 1.165) is 48.1 Å². The second kappa shape index (κ2) is 9.08. The summed E-state index contributed by atoms with van der Waals surface area (Å²) < 4.78 is 23.3. The Morgan fingerprint density at radius 2 is 1.46 bits per heavy atom. The van der Waals surface area contributed by atoms with Crippen LogP contribution in [0.5, 0.6) is 0 Å². The van der Waals surface area contributed by atoms with E-state index in [1.807, 2.05) is 19.1 Å². The van der Waals surface area contributed by atoms with Crippen LogP contribution < -0.4 is 10.6 Å². The summed E-state index contributed by atoms with van der Waals surface area (Å²) in [5.74, 6) is 2.24. The molecule has 4 aliphatic rings. The lowest BCUT2D eigenvalue weighted by atomic mass is 9.49. The fourth-order valence-corrected chi connectivity index (χ4v) is 7.53. The second-order valence-corrected chi connectivity index (χ2v) is 13.1. The zero-order valence-corrected chi connectivity index (χ0v) is 21.2. The summed E-state index contributed by atoms with van der Waals surface area (Å²) in [7, 11) is -3.25. The van der Waals surface area contributed by atoms with E-state index in [2.05, 4.69) is 10.6 Å². The van der Waals surface area contributed by atoms with Gasteiger partial charge in [-0.05, 0) is 98.6 Å². The van der Waals surface area contributed by atoms with E-state index < -0.39 is 9.84 Å². The van der Waals surface area contributed by atoms with Crippen molar-refractivity contribution in [1.82, 2.24) is 10.6 Å². The molecule has 35 heavy (non-hydrogen) atoms. The topological polar surface area (TPSA) is 92.3 Å². The first-order valence-electron chi connectivity index (χ1n) is 12.6. The largest absolute Gasteiger partial charge is 0.352 e. The Bertz CT molecular complexity index is 1180. The molecular weight excluding hydrogens is 460 g/mol. The van der Waals surface area contributed by atoms with Gasteiger partial charge in [-0.15, -0.1) is 0 Å². The van der Waals surface area contributed by atoms with Gasteiger partial charge in [0.1, 0.15) is 0 Å². The fraction of sp³-hybridized carbons (Fsp3) is 0.500. The van der Waals surface area contributed by atoms with Crippen molar-refractivity contribution in [2.75, 3.05) is 6.26 Å². The Labute approximate surface area is 207 Å². The van der Waals surface area contributed by atoms with Crippen molar-refractivity contribution in [1.29, 1.82) is 0 Å². The van der Waals surface area contributed by atoms with Crippen LogP contribution in [-0.4, -0.2) is 26.5 Å². The smallest absolute Gasteiger partial charge is 0.251 e. The number of hydrogen-bond acceptors (Lipinski definition) is 4. The maximum absolute atomic E-state index is 13.2. The van der Waals surface area contributed by atoms with Gasteiger partial charge in [-0.3, -0.25) is 9.59 Å². The van der Waals surface area contributed by atoms with E-state index in [9.17, 15) is 18.0 Å². The number of hydrogen-bond donors (Lipinski definition) is 2. The SMILES string of the molecule is CC(NC(=O)c1ccc(CNC(=O)C23CC4CC(CC(C4)C2)C3)cc1)c1ccc(S(C)(=O)=O)cc1. The van der Waals surface area contributed by atoms with Crippen LogP contribution in [0.3, 0.4) is 0 Å². The summed E-state index contributed by atoms with van der Waals surface area (Å²) in [6.45, 7) is 2.34. The predicted octanol–water partition coefficient (Wildman–Crippen LogP) is 4.41. The van der Waals surface area contributed by atoms with Crippen LogP contribution in [0.4, 0.5) is 0 Å². The van der Waals surface area contributed by atoms with Crippen LogP contribution in [0, 0.1) is 23.2 Å². The summed E-state index contributed by atoms with van der Waals surface area (Å²) >= 11 is 0. The summed E-state index contributed by atoms with van der Waals surface area (Å²) in [6.07, 6.45) is 8.30. The molecule has 2 aromatic rings. The first kappa shape index (κ1) is 24.0. The quantitative estimate of drug-likeness (QED) is 0.596. The third kappa shape index (κ3) is 5.01. The van der Waals surface area contributed by atoms with Crippen LogP contribution in [0.1, 0.15) is 73.0 Å². The number of nitrogens with one attached hydrogen (secondary N) is 2. The highest BCUT2D eigenvalue weighted by molar-refractivity contribution is 7.90. The molecule has 186 valence electrons. The first-order chi connectivity index (χ1) is 16.6. The first-order valence-corrected chi connectivity index (χ1v) is 14.5. The minimum Gasteiger partial charge on any atom is -0.352 e. The van der Waals surface area contributed by atoms with Crippen LogP contribution >= 0.6 is 0 Å².